The average molecular weight is 860 g/mol. The molecule has 2 aromatic heterocycles. The molecule has 0 radical (unpaired) electrons. The summed E-state index contributed by atoms with van der Waals surface area (Å²) in [6, 6.07) is 27.5. The van der Waals surface area contributed by atoms with Crippen LogP contribution in [0.15, 0.2) is 81.8 Å². The molecule has 64 heavy (non-hydrogen) atoms. The highest BCUT2D eigenvalue weighted by Crippen LogP contribution is 2.39. The number of carbonyl (C=O) groups is 1. The average Bonchev–Trinajstić information content (AvgIpc) is 3.65. The number of nitrogens with zero attached hydrogens (tertiary/aromatic N) is 7. The highest BCUT2D eigenvalue weighted by molar-refractivity contribution is 5.80. The molecular formula is C49H49N9O6. The minimum absolute atomic E-state index is 0.0562. The van der Waals surface area contributed by atoms with Crippen LogP contribution in [0.25, 0.3) is 45.7 Å². The lowest BCUT2D eigenvalue weighted by atomic mass is 10.0. The van der Waals surface area contributed by atoms with E-state index in [0.717, 1.165) is 61.0 Å². The van der Waals surface area contributed by atoms with Crippen LogP contribution in [0, 0.1) is 22.7 Å². The van der Waals surface area contributed by atoms with Gasteiger partial charge in [0, 0.05) is 54.0 Å². The predicted molar refractivity (Wildman–Crippen MR) is 236 cm³/mol. The lowest BCUT2D eigenvalue weighted by Crippen LogP contribution is -2.32. The Kier molecular flexibility index (Phi) is 12.2. The molecule has 0 spiro atoms. The van der Waals surface area contributed by atoms with Crippen LogP contribution in [-0.2, 0) is 22.4 Å². The van der Waals surface area contributed by atoms with Crippen molar-refractivity contribution < 1.29 is 28.1 Å². The Morgan fingerprint density at radius 3 is 1.83 bits per heavy atom. The van der Waals surface area contributed by atoms with Gasteiger partial charge in [-0.2, -0.15) is 20.5 Å². The van der Waals surface area contributed by atoms with Gasteiger partial charge in [0.05, 0.1) is 36.5 Å². The van der Waals surface area contributed by atoms with Crippen LogP contribution in [-0.4, -0.2) is 82.2 Å². The summed E-state index contributed by atoms with van der Waals surface area (Å²) in [4.78, 5) is 23.5. The topological polar surface area (TPSA) is 197 Å². The molecule has 3 heterocycles. The summed E-state index contributed by atoms with van der Waals surface area (Å²) in [5, 5.41) is 35.5. The van der Waals surface area contributed by atoms with E-state index in [1.165, 1.54) is 11.1 Å². The molecule has 1 saturated heterocycles. The number of benzene rings is 4. The zero-order valence-electron chi connectivity index (χ0n) is 36.3. The third-order valence-corrected chi connectivity index (χ3v) is 11.8. The maximum absolute atomic E-state index is 12.2. The number of carbonyl (C=O) groups excluding carboxylic acids is 1. The quantitative estimate of drug-likeness (QED) is 0.0854. The monoisotopic (exact) mass is 859 g/mol. The number of nitriles is 2. The number of hydrogen-bond donors (Lipinski definition) is 2. The first-order valence-electron chi connectivity index (χ1n) is 21.9. The molecule has 1 aliphatic heterocycles. The number of aromatic nitrogens is 4. The van der Waals surface area contributed by atoms with E-state index in [1.807, 2.05) is 69.0 Å². The highest BCUT2D eigenvalue weighted by atomic mass is 16.5. The summed E-state index contributed by atoms with van der Waals surface area (Å²) >= 11 is 0. The lowest BCUT2D eigenvalue weighted by molar-refractivity contribution is -0.124. The maximum Gasteiger partial charge on any atom is 0.258 e. The van der Waals surface area contributed by atoms with Crippen LogP contribution in [0.4, 0.5) is 0 Å². The summed E-state index contributed by atoms with van der Waals surface area (Å²) in [5.74, 6) is 2.73. The minimum atomic E-state index is -0.328. The van der Waals surface area contributed by atoms with Crippen molar-refractivity contribution >= 4 is 5.91 Å². The first-order chi connectivity index (χ1) is 31.1. The number of ether oxygens (including phenoxy) is 3. The Morgan fingerprint density at radius 2 is 1.30 bits per heavy atom. The van der Waals surface area contributed by atoms with Crippen LogP contribution in [0.3, 0.4) is 0 Å². The maximum atomic E-state index is 12.2. The van der Waals surface area contributed by atoms with Gasteiger partial charge in [0.15, 0.2) is 0 Å². The first-order valence-corrected chi connectivity index (χ1v) is 21.9. The fourth-order valence-electron chi connectivity index (χ4n) is 8.55. The molecule has 2 N–H and O–H groups in total. The second-order valence-corrected chi connectivity index (χ2v) is 16.8. The molecular weight excluding hydrogens is 811 g/mol. The third kappa shape index (κ3) is 9.10. The van der Waals surface area contributed by atoms with Gasteiger partial charge in [-0.25, -0.2) is 0 Å². The second kappa shape index (κ2) is 18.4. The Morgan fingerprint density at radius 1 is 0.750 bits per heavy atom. The Labute approximate surface area is 371 Å². The standard InChI is InChI=1S/C49H49N9O6/c1-28(2)61-43-17-11-31(21-33(43)23-50)48-54-46(56-63-48)39-9-5-7-37-35(39)13-15-41(37)52-25-29(3)60-27-30(4)62-44-18-12-32(22-34(44)24-51)49-55-47(57-64-49)40-10-6-8-38-36(40)14-16-42(38)53-26-45(59)58-19-20-58/h5-12,17-18,21-22,28-30,41-42,52-53H,13-16,19-20,25-27H2,1-4H3/t29-,30?,41?,42-/m0/s1. The third-order valence-electron chi connectivity index (χ3n) is 11.8. The fourth-order valence-corrected chi connectivity index (χ4v) is 8.55. The smallest absolute Gasteiger partial charge is 0.258 e. The predicted octanol–water partition coefficient (Wildman–Crippen LogP) is 7.52. The molecule has 1 amide bonds. The van der Waals surface area contributed by atoms with Gasteiger partial charge in [0.1, 0.15) is 29.7 Å². The molecule has 4 atom stereocenters. The molecule has 6 aromatic rings. The summed E-state index contributed by atoms with van der Waals surface area (Å²) in [6.45, 7) is 10.7. The van der Waals surface area contributed by atoms with E-state index in [2.05, 4.69) is 45.2 Å². The van der Waals surface area contributed by atoms with Crippen molar-refractivity contribution in [2.75, 3.05) is 32.8 Å². The van der Waals surface area contributed by atoms with Gasteiger partial charge in [0.2, 0.25) is 17.6 Å². The second-order valence-electron chi connectivity index (χ2n) is 16.8. The normalized spacial score (nSPS) is 17.1. The van der Waals surface area contributed by atoms with Gasteiger partial charge < -0.3 is 38.8 Å². The first kappa shape index (κ1) is 42.4. The van der Waals surface area contributed by atoms with E-state index in [9.17, 15) is 15.3 Å². The number of rotatable bonds is 17. The van der Waals surface area contributed by atoms with Crippen LogP contribution < -0.4 is 20.1 Å². The Balaban J connectivity index is 0.773. The van der Waals surface area contributed by atoms with E-state index in [0.29, 0.717) is 76.9 Å². The van der Waals surface area contributed by atoms with Crippen LogP contribution in [0.5, 0.6) is 11.5 Å². The van der Waals surface area contributed by atoms with Crippen molar-refractivity contribution in [1.82, 2.24) is 35.8 Å². The molecule has 3 aliphatic rings. The van der Waals surface area contributed by atoms with Crippen LogP contribution >= 0.6 is 0 Å². The highest BCUT2D eigenvalue weighted by Gasteiger charge is 2.30. The molecule has 15 heteroatoms. The largest absolute Gasteiger partial charge is 0.490 e. The van der Waals surface area contributed by atoms with Crippen molar-refractivity contribution in [3.8, 4) is 69.3 Å². The van der Waals surface area contributed by atoms with E-state index in [1.54, 1.807) is 24.3 Å². The van der Waals surface area contributed by atoms with Gasteiger partial charge >= 0.3 is 0 Å². The molecule has 15 nitrogen and oxygen atoms in total. The summed E-state index contributed by atoms with van der Waals surface area (Å²) in [6.07, 6.45) is 3.01. The Hall–Kier alpha value is -6.91. The minimum Gasteiger partial charge on any atom is -0.490 e. The van der Waals surface area contributed by atoms with Gasteiger partial charge in [-0.1, -0.05) is 46.7 Å². The zero-order chi connectivity index (χ0) is 44.3. The summed E-state index contributed by atoms with van der Waals surface area (Å²) < 4.78 is 29.5. The van der Waals surface area contributed by atoms with Crippen molar-refractivity contribution in [1.29, 1.82) is 10.5 Å². The number of nitrogens with one attached hydrogen (secondary N) is 2. The van der Waals surface area contributed by atoms with Crippen LogP contribution in [0.2, 0.25) is 0 Å². The van der Waals surface area contributed by atoms with Gasteiger partial charge in [-0.15, -0.1) is 0 Å². The van der Waals surface area contributed by atoms with E-state index < -0.39 is 0 Å². The summed E-state index contributed by atoms with van der Waals surface area (Å²) in [7, 11) is 0. The number of hydrogen-bond acceptors (Lipinski definition) is 14. The van der Waals surface area contributed by atoms with Crippen LogP contribution in [0.1, 0.15) is 86.0 Å². The summed E-state index contributed by atoms with van der Waals surface area (Å²) in [5.41, 5.74) is 8.53. The van der Waals surface area contributed by atoms with Gasteiger partial charge in [0.25, 0.3) is 11.8 Å². The van der Waals surface area contributed by atoms with Gasteiger partial charge in [-0.3, -0.25) is 4.79 Å². The zero-order valence-corrected chi connectivity index (χ0v) is 36.3. The molecule has 326 valence electrons. The van der Waals surface area contributed by atoms with E-state index >= 15 is 0 Å². The molecule has 1 fully saturated rings. The Bertz CT molecular complexity index is 2760. The lowest BCUT2D eigenvalue weighted by Gasteiger charge is -2.21. The number of amides is 1. The van der Waals surface area contributed by atoms with Crippen molar-refractivity contribution in [3.05, 3.63) is 106 Å². The molecule has 9 rings (SSSR count). The fraction of sp³-hybridized carbons (Fsp3) is 0.367. The van der Waals surface area contributed by atoms with Crippen molar-refractivity contribution in [2.24, 2.45) is 0 Å². The molecule has 2 unspecified atom stereocenters. The van der Waals surface area contributed by atoms with E-state index in [-0.39, 0.29) is 36.3 Å². The molecule has 4 aromatic carbocycles. The molecule has 2 aliphatic carbocycles. The van der Waals surface area contributed by atoms with Gasteiger partial charge in [-0.05, 0) is 112 Å². The SMILES string of the molecule is CC(C)Oc1ccc(-c2nc(-c3cccc4c3CCC4NC[C@H](C)OCC(C)Oc3ccc(-c4nc(-c5cccc6c5CC[C@@H]6NCC(=O)N5CC5)no4)cc3C#N)no2)cc1C#N. The van der Waals surface area contributed by atoms with Crippen molar-refractivity contribution in [3.63, 3.8) is 0 Å². The van der Waals surface area contributed by atoms with E-state index in [4.69, 9.17) is 33.2 Å². The molecule has 0 saturated carbocycles. The van der Waals surface area contributed by atoms with Crippen molar-refractivity contribution in [2.45, 2.75) is 83.8 Å². The molecule has 0 bridgehead atoms. The number of fused-ring (bicyclic) bond motifs is 2.